The molecule has 5 heteroatoms. The minimum atomic E-state index is 0.597. The van der Waals surface area contributed by atoms with Gasteiger partial charge in [-0.15, -0.1) is 0 Å². The van der Waals surface area contributed by atoms with E-state index in [4.69, 9.17) is 15.0 Å². The first-order valence-electron chi connectivity index (χ1n) is 17.1. The summed E-state index contributed by atoms with van der Waals surface area (Å²) in [5.74, 6) is 1.84. The van der Waals surface area contributed by atoms with Crippen molar-refractivity contribution in [3.63, 3.8) is 0 Å². The van der Waals surface area contributed by atoms with Crippen molar-refractivity contribution >= 4 is 21.8 Å². The number of fused-ring (bicyclic) bond motifs is 3. The van der Waals surface area contributed by atoms with Gasteiger partial charge in [0.25, 0.3) is 0 Å². The maximum Gasteiger partial charge on any atom is 0.166 e. The molecule has 0 fully saturated rings. The van der Waals surface area contributed by atoms with Crippen LogP contribution in [-0.4, -0.2) is 24.5 Å². The van der Waals surface area contributed by atoms with E-state index in [1.54, 1.807) is 6.20 Å². The molecule has 6 aromatic carbocycles. The van der Waals surface area contributed by atoms with Crippen LogP contribution < -0.4 is 0 Å². The lowest BCUT2D eigenvalue weighted by atomic mass is 9.99. The Morgan fingerprint density at radius 1 is 0.412 bits per heavy atom. The van der Waals surface area contributed by atoms with Gasteiger partial charge in [-0.3, -0.25) is 4.98 Å². The summed E-state index contributed by atoms with van der Waals surface area (Å²) >= 11 is 0. The molecule has 0 unspecified atom stereocenters. The van der Waals surface area contributed by atoms with Crippen LogP contribution in [0.2, 0.25) is 0 Å². The van der Waals surface area contributed by atoms with Gasteiger partial charge >= 0.3 is 0 Å². The van der Waals surface area contributed by atoms with E-state index in [9.17, 15) is 0 Å². The first kappa shape index (κ1) is 30.3. The topological polar surface area (TPSA) is 56.5 Å². The summed E-state index contributed by atoms with van der Waals surface area (Å²) in [5, 5.41) is 2.37. The van der Waals surface area contributed by atoms with Crippen LogP contribution in [0.5, 0.6) is 0 Å². The molecule has 0 amide bonds. The predicted molar refractivity (Wildman–Crippen MR) is 209 cm³/mol. The molecule has 0 aliphatic rings. The molecule has 0 saturated carbocycles. The van der Waals surface area contributed by atoms with Crippen molar-refractivity contribution in [2.24, 2.45) is 0 Å². The van der Waals surface area contributed by atoms with Gasteiger partial charge in [0.15, 0.2) is 17.5 Å². The van der Waals surface area contributed by atoms with E-state index in [1.807, 2.05) is 72.9 Å². The Morgan fingerprint density at radius 3 is 1.69 bits per heavy atom. The number of para-hydroxylation sites is 1. The maximum absolute atomic E-state index is 5.20. The number of aryl methyl sites for hydroxylation is 2. The summed E-state index contributed by atoms with van der Waals surface area (Å²) in [4.78, 5) is 19.8. The minimum absolute atomic E-state index is 0.597. The smallest absolute Gasteiger partial charge is 0.166 e. The van der Waals surface area contributed by atoms with Crippen LogP contribution >= 0.6 is 0 Å². The van der Waals surface area contributed by atoms with E-state index in [2.05, 4.69) is 108 Å². The third-order valence-corrected chi connectivity index (χ3v) is 9.40. The Morgan fingerprint density at radius 2 is 1.00 bits per heavy atom. The van der Waals surface area contributed by atoms with Crippen LogP contribution in [-0.2, 0) is 0 Å². The van der Waals surface area contributed by atoms with E-state index in [1.165, 1.54) is 33.0 Å². The number of benzene rings is 6. The molecule has 0 bridgehead atoms. The van der Waals surface area contributed by atoms with Crippen molar-refractivity contribution in [1.82, 2.24) is 24.5 Å². The van der Waals surface area contributed by atoms with E-state index in [-0.39, 0.29) is 0 Å². The summed E-state index contributed by atoms with van der Waals surface area (Å²) < 4.78 is 2.37. The quantitative estimate of drug-likeness (QED) is 0.179. The molecule has 0 radical (unpaired) electrons. The van der Waals surface area contributed by atoms with Gasteiger partial charge in [0, 0.05) is 45.4 Å². The third kappa shape index (κ3) is 5.65. The lowest BCUT2D eigenvalue weighted by Crippen LogP contribution is -2.04. The van der Waals surface area contributed by atoms with Gasteiger partial charge in [0.1, 0.15) is 0 Å². The maximum atomic E-state index is 5.20. The number of aromatic nitrogens is 5. The Bertz CT molecular complexity index is 2620. The molecule has 0 saturated heterocycles. The standard InChI is InChI=1S/C46H33N5/c1-30-24-31(2)26-37(25-30)35-19-21-39-38-17-9-10-18-41(38)51(43(39)28-35)42-22-20-34(36-16-11-23-47-29-36)27-40(42)46-49-44(32-12-5-3-6-13-32)48-45(50-46)33-14-7-4-8-15-33/h3-29H,1-2H3. The molecule has 0 atom stereocenters. The number of nitrogens with zero attached hydrogens (tertiary/aromatic N) is 5. The van der Waals surface area contributed by atoms with Crippen LogP contribution in [0.25, 0.3) is 83.9 Å². The van der Waals surface area contributed by atoms with Gasteiger partial charge in [-0.2, -0.15) is 0 Å². The lowest BCUT2D eigenvalue weighted by Gasteiger charge is -2.16. The molecule has 5 nitrogen and oxygen atoms in total. The van der Waals surface area contributed by atoms with Crippen molar-refractivity contribution in [3.8, 4) is 62.1 Å². The van der Waals surface area contributed by atoms with Gasteiger partial charge in [-0.25, -0.2) is 15.0 Å². The van der Waals surface area contributed by atoms with E-state index < -0.39 is 0 Å². The second-order valence-electron chi connectivity index (χ2n) is 13.0. The predicted octanol–water partition coefficient (Wildman–Crippen LogP) is 11.3. The fourth-order valence-electron chi connectivity index (χ4n) is 7.10. The summed E-state index contributed by atoms with van der Waals surface area (Å²) in [6.07, 6.45) is 3.70. The van der Waals surface area contributed by atoms with Crippen LogP contribution in [0.3, 0.4) is 0 Å². The lowest BCUT2D eigenvalue weighted by molar-refractivity contribution is 1.06. The second kappa shape index (κ2) is 12.6. The Hall–Kier alpha value is -6.72. The van der Waals surface area contributed by atoms with Crippen LogP contribution in [0.15, 0.2) is 164 Å². The molecule has 242 valence electrons. The molecular weight excluding hydrogens is 623 g/mol. The molecule has 0 N–H and O–H groups in total. The highest BCUT2D eigenvalue weighted by Gasteiger charge is 2.21. The minimum Gasteiger partial charge on any atom is -0.308 e. The molecule has 9 aromatic rings. The van der Waals surface area contributed by atoms with E-state index >= 15 is 0 Å². The van der Waals surface area contributed by atoms with Crippen molar-refractivity contribution in [2.45, 2.75) is 13.8 Å². The van der Waals surface area contributed by atoms with Crippen molar-refractivity contribution in [3.05, 3.63) is 175 Å². The molecule has 0 aliphatic carbocycles. The van der Waals surface area contributed by atoms with Crippen LogP contribution in [0.4, 0.5) is 0 Å². The van der Waals surface area contributed by atoms with Gasteiger partial charge in [0.2, 0.25) is 0 Å². The Kier molecular flexibility index (Phi) is 7.51. The first-order chi connectivity index (χ1) is 25.1. The zero-order chi connectivity index (χ0) is 34.3. The molecule has 3 aromatic heterocycles. The van der Waals surface area contributed by atoms with Gasteiger partial charge < -0.3 is 4.57 Å². The fourth-order valence-corrected chi connectivity index (χ4v) is 7.10. The first-order valence-corrected chi connectivity index (χ1v) is 17.1. The zero-order valence-electron chi connectivity index (χ0n) is 28.3. The number of pyridine rings is 1. The largest absolute Gasteiger partial charge is 0.308 e. The second-order valence-corrected chi connectivity index (χ2v) is 13.0. The normalized spacial score (nSPS) is 11.3. The highest BCUT2D eigenvalue weighted by molar-refractivity contribution is 6.10. The summed E-state index contributed by atoms with van der Waals surface area (Å²) in [6, 6.07) is 53.0. The molecule has 3 heterocycles. The van der Waals surface area contributed by atoms with E-state index in [0.29, 0.717) is 17.5 Å². The van der Waals surface area contributed by atoms with Gasteiger partial charge in [0.05, 0.1) is 16.7 Å². The van der Waals surface area contributed by atoms with Gasteiger partial charge in [-0.1, -0.05) is 132 Å². The van der Waals surface area contributed by atoms with Gasteiger partial charge in [-0.05, 0) is 60.9 Å². The zero-order valence-corrected chi connectivity index (χ0v) is 28.3. The third-order valence-electron chi connectivity index (χ3n) is 9.40. The van der Waals surface area contributed by atoms with Crippen LogP contribution in [0.1, 0.15) is 11.1 Å². The van der Waals surface area contributed by atoms with Crippen molar-refractivity contribution in [1.29, 1.82) is 0 Å². The monoisotopic (exact) mass is 655 g/mol. The van der Waals surface area contributed by atoms with Crippen LogP contribution in [0, 0.1) is 13.8 Å². The van der Waals surface area contributed by atoms with E-state index in [0.717, 1.165) is 44.5 Å². The molecular formula is C46H33N5. The number of hydrogen-bond donors (Lipinski definition) is 0. The summed E-state index contributed by atoms with van der Waals surface area (Å²) in [6.45, 7) is 4.31. The fraction of sp³-hybridized carbons (Fsp3) is 0.0435. The number of hydrogen-bond acceptors (Lipinski definition) is 4. The highest BCUT2D eigenvalue weighted by atomic mass is 15.1. The van der Waals surface area contributed by atoms with Crippen molar-refractivity contribution in [2.75, 3.05) is 0 Å². The molecule has 0 spiro atoms. The van der Waals surface area contributed by atoms with Crippen molar-refractivity contribution < 1.29 is 0 Å². The average Bonchev–Trinajstić information content (AvgIpc) is 3.51. The summed E-state index contributed by atoms with van der Waals surface area (Å²) in [7, 11) is 0. The highest BCUT2D eigenvalue weighted by Crippen LogP contribution is 2.39. The number of rotatable bonds is 6. The summed E-state index contributed by atoms with van der Waals surface area (Å²) in [5.41, 5.74) is 12.9. The molecule has 51 heavy (non-hydrogen) atoms. The molecule has 9 rings (SSSR count). The Balaban J connectivity index is 1.36. The SMILES string of the molecule is Cc1cc(C)cc(-c2ccc3c4ccccc4n(-c4ccc(-c5cccnc5)cc4-c4nc(-c5ccccc5)nc(-c5ccccc5)n4)c3c2)c1. The average molecular weight is 656 g/mol. The Labute approximate surface area is 296 Å². The molecule has 0 aliphatic heterocycles.